The first-order valence-electron chi connectivity index (χ1n) is 5.59. The molecule has 0 spiro atoms. The highest BCUT2D eigenvalue weighted by Gasteiger charge is 2.09. The van der Waals surface area contributed by atoms with E-state index in [1.165, 1.54) is 0 Å². The van der Waals surface area contributed by atoms with Crippen molar-refractivity contribution >= 4 is 21.8 Å². The van der Waals surface area contributed by atoms with Crippen LogP contribution in [0.4, 0.5) is 0 Å². The number of carbonyl (C=O) groups excluding carboxylic acids is 1. The lowest BCUT2D eigenvalue weighted by molar-refractivity contribution is 0.0949. The summed E-state index contributed by atoms with van der Waals surface area (Å²) >= 11 is 3.37. The summed E-state index contributed by atoms with van der Waals surface area (Å²) in [4.78, 5) is 12.0. The molecular weight excluding hydrogens is 294 g/mol. The molecule has 0 saturated heterocycles. The molecule has 0 atom stereocenters. The molecule has 1 amide bonds. The molecule has 4 nitrogen and oxygen atoms in total. The molecule has 0 saturated carbocycles. The molecular formula is C13H14BrN3O. The van der Waals surface area contributed by atoms with Gasteiger partial charge in [0.2, 0.25) is 0 Å². The number of halogens is 1. The van der Waals surface area contributed by atoms with Crippen LogP contribution < -0.4 is 5.32 Å². The number of nitrogens with one attached hydrogen (secondary N) is 1. The van der Waals surface area contributed by atoms with Crippen LogP contribution in [0.3, 0.4) is 0 Å². The summed E-state index contributed by atoms with van der Waals surface area (Å²) in [5.74, 6) is -0.0838. The van der Waals surface area contributed by atoms with Crippen LogP contribution in [0.1, 0.15) is 21.6 Å². The lowest BCUT2D eigenvalue weighted by Crippen LogP contribution is -2.23. The molecule has 0 fully saturated rings. The molecule has 0 aliphatic heterocycles. The smallest absolute Gasteiger partial charge is 0.251 e. The van der Waals surface area contributed by atoms with Crippen molar-refractivity contribution in [2.45, 2.75) is 13.5 Å². The van der Waals surface area contributed by atoms with Crippen LogP contribution in [0.25, 0.3) is 0 Å². The standard InChI is InChI=1S/C13H14BrN3O/c1-9-3-4-10(14)7-12(9)13(18)15-8-11-5-6-17(2)16-11/h3-7H,8H2,1-2H3,(H,15,18). The van der Waals surface area contributed by atoms with Gasteiger partial charge in [0.05, 0.1) is 12.2 Å². The quantitative estimate of drug-likeness (QED) is 0.946. The number of hydrogen-bond acceptors (Lipinski definition) is 2. The van der Waals surface area contributed by atoms with Crippen molar-refractivity contribution in [3.05, 3.63) is 51.8 Å². The molecule has 1 heterocycles. The van der Waals surface area contributed by atoms with Crippen LogP contribution in [-0.4, -0.2) is 15.7 Å². The molecule has 2 aromatic rings. The van der Waals surface area contributed by atoms with E-state index in [1.807, 2.05) is 44.4 Å². The Morgan fingerprint density at radius 2 is 2.22 bits per heavy atom. The van der Waals surface area contributed by atoms with E-state index < -0.39 is 0 Å². The molecule has 0 bridgehead atoms. The Labute approximate surface area is 114 Å². The molecule has 2 rings (SSSR count). The van der Waals surface area contributed by atoms with Crippen molar-refractivity contribution in [2.75, 3.05) is 0 Å². The fourth-order valence-electron chi connectivity index (χ4n) is 1.66. The number of carbonyl (C=O) groups is 1. The molecule has 94 valence electrons. The minimum absolute atomic E-state index is 0.0838. The second-order valence-corrected chi connectivity index (χ2v) is 5.04. The van der Waals surface area contributed by atoms with Gasteiger partial charge in [0.15, 0.2) is 0 Å². The maximum atomic E-state index is 12.0. The van der Waals surface area contributed by atoms with Crippen molar-refractivity contribution < 1.29 is 4.79 Å². The number of amides is 1. The van der Waals surface area contributed by atoms with Crippen molar-refractivity contribution in [3.63, 3.8) is 0 Å². The van der Waals surface area contributed by atoms with Gasteiger partial charge < -0.3 is 5.32 Å². The summed E-state index contributed by atoms with van der Waals surface area (Å²) in [6.07, 6.45) is 1.85. The summed E-state index contributed by atoms with van der Waals surface area (Å²) < 4.78 is 2.61. The topological polar surface area (TPSA) is 46.9 Å². The summed E-state index contributed by atoms with van der Waals surface area (Å²) in [5, 5.41) is 7.07. The fourth-order valence-corrected chi connectivity index (χ4v) is 2.02. The van der Waals surface area contributed by atoms with Gasteiger partial charge in [-0.1, -0.05) is 22.0 Å². The second kappa shape index (κ2) is 5.35. The van der Waals surface area contributed by atoms with E-state index >= 15 is 0 Å². The molecule has 0 unspecified atom stereocenters. The predicted molar refractivity (Wildman–Crippen MR) is 73.3 cm³/mol. The number of nitrogens with zero attached hydrogens (tertiary/aromatic N) is 2. The van der Waals surface area contributed by atoms with Crippen LogP contribution in [0.5, 0.6) is 0 Å². The molecule has 5 heteroatoms. The van der Waals surface area contributed by atoms with E-state index in [-0.39, 0.29) is 5.91 Å². The molecule has 1 aromatic heterocycles. The first kappa shape index (κ1) is 12.8. The highest BCUT2D eigenvalue weighted by molar-refractivity contribution is 9.10. The molecule has 0 radical (unpaired) electrons. The molecule has 0 aliphatic carbocycles. The monoisotopic (exact) mass is 307 g/mol. The van der Waals surface area contributed by atoms with Crippen LogP contribution in [0.15, 0.2) is 34.9 Å². The zero-order valence-corrected chi connectivity index (χ0v) is 11.9. The Morgan fingerprint density at radius 3 is 2.89 bits per heavy atom. The molecule has 1 N–H and O–H groups in total. The van der Waals surface area contributed by atoms with Crippen molar-refractivity contribution in [2.24, 2.45) is 7.05 Å². The van der Waals surface area contributed by atoms with Gasteiger partial charge in [-0.2, -0.15) is 5.10 Å². The lowest BCUT2D eigenvalue weighted by Gasteiger charge is -2.07. The third-order valence-electron chi connectivity index (χ3n) is 2.64. The summed E-state index contributed by atoms with van der Waals surface area (Å²) in [6, 6.07) is 7.54. The van der Waals surface area contributed by atoms with Gasteiger partial charge in [0, 0.05) is 23.3 Å². The Kier molecular flexibility index (Phi) is 3.81. The fraction of sp³-hybridized carbons (Fsp3) is 0.231. The summed E-state index contributed by atoms with van der Waals surface area (Å²) in [5.41, 5.74) is 2.48. The number of rotatable bonds is 3. The van der Waals surface area contributed by atoms with E-state index in [2.05, 4.69) is 26.3 Å². The Morgan fingerprint density at radius 1 is 1.44 bits per heavy atom. The largest absolute Gasteiger partial charge is 0.346 e. The van der Waals surface area contributed by atoms with Gasteiger partial charge >= 0.3 is 0 Å². The number of benzene rings is 1. The summed E-state index contributed by atoms with van der Waals surface area (Å²) in [6.45, 7) is 2.35. The minimum Gasteiger partial charge on any atom is -0.346 e. The Hall–Kier alpha value is -1.62. The molecule has 1 aromatic carbocycles. The number of aromatic nitrogens is 2. The van der Waals surface area contributed by atoms with Crippen molar-refractivity contribution in [3.8, 4) is 0 Å². The highest BCUT2D eigenvalue weighted by Crippen LogP contribution is 2.16. The summed E-state index contributed by atoms with van der Waals surface area (Å²) in [7, 11) is 1.85. The maximum Gasteiger partial charge on any atom is 0.251 e. The van der Waals surface area contributed by atoms with Crippen molar-refractivity contribution in [1.29, 1.82) is 0 Å². The predicted octanol–water partition coefficient (Wildman–Crippen LogP) is 2.42. The maximum absolute atomic E-state index is 12.0. The van der Waals surface area contributed by atoms with Crippen LogP contribution >= 0.6 is 15.9 Å². The second-order valence-electron chi connectivity index (χ2n) is 4.12. The van der Waals surface area contributed by atoms with E-state index in [4.69, 9.17) is 0 Å². The van der Waals surface area contributed by atoms with Crippen LogP contribution in [0.2, 0.25) is 0 Å². The third-order valence-corrected chi connectivity index (χ3v) is 3.14. The first-order valence-corrected chi connectivity index (χ1v) is 6.38. The van der Waals surface area contributed by atoms with Gasteiger partial charge in [0.25, 0.3) is 5.91 Å². The van der Waals surface area contributed by atoms with Crippen LogP contribution in [0, 0.1) is 6.92 Å². The van der Waals surface area contributed by atoms with Crippen molar-refractivity contribution in [1.82, 2.24) is 15.1 Å². The van der Waals surface area contributed by atoms with E-state index in [9.17, 15) is 4.79 Å². The highest BCUT2D eigenvalue weighted by atomic mass is 79.9. The van der Waals surface area contributed by atoms with E-state index in [1.54, 1.807) is 4.68 Å². The Balaban J connectivity index is 2.05. The van der Waals surface area contributed by atoms with Gasteiger partial charge in [-0.05, 0) is 30.7 Å². The number of hydrogen-bond donors (Lipinski definition) is 1. The van der Waals surface area contributed by atoms with Gasteiger partial charge in [0.1, 0.15) is 0 Å². The zero-order chi connectivity index (χ0) is 13.1. The average molecular weight is 308 g/mol. The normalized spacial score (nSPS) is 10.4. The zero-order valence-electron chi connectivity index (χ0n) is 10.3. The minimum atomic E-state index is -0.0838. The van der Waals surface area contributed by atoms with Gasteiger partial charge in [-0.15, -0.1) is 0 Å². The lowest BCUT2D eigenvalue weighted by atomic mass is 10.1. The molecule has 0 aliphatic rings. The Bertz CT molecular complexity index is 577. The van der Waals surface area contributed by atoms with E-state index in [0.29, 0.717) is 12.1 Å². The van der Waals surface area contributed by atoms with Gasteiger partial charge in [-0.25, -0.2) is 0 Å². The average Bonchev–Trinajstić information content (AvgIpc) is 2.75. The van der Waals surface area contributed by atoms with Gasteiger partial charge in [-0.3, -0.25) is 9.48 Å². The molecule has 18 heavy (non-hydrogen) atoms. The third kappa shape index (κ3) is 2.98. The van der Waals surface area contributed by atoms with Crippen LogP contribution in [-0.2, 0) is 13.6 Å². The first-order chi connectivity index (χ1) is 8.56. The SMILES string of the molecule is Cc1ccc(Br)cc1C(=O)NCc1ccn(C)n1. The van der Waals surface area contributed by atoms with E-state index in [0.717, 1.165) is 15.7 Å². The number of aryl methyl sites for hydroxylation is 2.